The van der Waals surface area contributed by atoms with E-state index in [1.165, 1.54) is 76.7 Å². The van der Waals surface area contributed by atoms with Gasteiger partial charge in [-0.25, -0.2) is 4.98 Å². The highest BCUT2D eigenvalue weighted by Gasteiger charge is 2.47. The highest BCUT2D eigenvalue weighted by atomic mass is 32.2. The number of benzene rings is 3. The minimum absolute atomic E-state index is 0.00839. The summed E-state index contributed by atoms with van der Waals surface area (Å²) in [5, 5.41) is 63.5. The van der Waals surface area contributed by atoms with E-state index in [2.05, 4.69) is 78.4 Å². The number of phenolic OH excluding ortho intramolecular Hbond substituents is 1. The maximum atomic E-state index is 15.6. The third-order valence-corrected chi connectivity index (χ3v) is 25.0. The number of amides is 17. The first-order valence-corrected chi connectivity index (χ1v) is 45.0. The number of H-pyrrole nitrogens is 3. The van der Waals surface area contributed by atoms with Gasteiger partial charge in [-0.1, -0.05) is 88.1 Å². The molecule has 17 amide bonds. The summed E-state index contributed by atoms with van der Waals surface area (Å²) in [6.45, 7) is 3.89. The Balaban J connectivity index is 1.02. The fourth-order valence-corrected chi connectivity index (χ4v) is 17.3. The van der Waals surface area contributed by atoms with Crippen LogP contribution in [0.2, 0.25) is 0 Å². The van der Waals surface area contributed by atoms with E-state index in [0.717, 1.165) is 31.4 Å². The molecule has 0 spiro atoms. The Morgan fingerprint density at radius 3 is 1.75 bits per heavy atom. The molecule has 0 unspecified atom stereocenters. The van der Waals surface area contributed by atoms with E-state index in [4.69, 9.17) is 5.73 Å². The summed E-state index contributed by atoms with van der Waals surface area (Å²) in [6, 6.07) is -1.46. The first-order chi connectivity index (χ1) is 62.2. The number of aromatic amines is 3. The van der Waals surface area contributed by atoms with Crippen LogP contribution in [0.3, 0.4) is 0 Å². The average Bonchev–Trinajstić information content (AvgIpc) is 1.57. The van der Waals surface area contributed by atoms with Gasteiger partial charge >= 0.3 is 0 Å². The highest BCUT2D eigenvalue weighted by molar-refractivity contribution is 8.00. The van der Waals surface area contributed by atoms with Gasteiger partial charge in [0.05, 0.1) is 31.3 Å². The van der Waals surface area contributed by atoms with Crippen molar-refractivity contribution in [3.05, 3.63) is 120 Å². The van der Waals surface area contributed by atoms with Crippen molar-refractivity contribution in [2.24, 2.45) is 5.73 Å². The lowest BCUT2D eigenvalue weighted by Gasteiger charge is -2.36. The standard InChI is InChI=1S/C88H119N21O20S/c1-8-10-23-68-81(122)96-48(3)75(116)104-67(77(118)94-42-72(89)113)45-130-46-74(115)97-64(34-50-26-28-54(111)29-27-50)84(125)105(5)49(4)76(117)98-60-22-16-32-91-73(114)31-30-61(99-79(120)63(37-53-41-90-47-95-53)101-82(123)69-25-17-33-108(69)86(60)127)87(128)109-43-55(112)38-71(109)83(124)100-62(35-51-39-92-58-20-14-12-18-56(51)58)78(119)103-66(44-110)80(121)102-65(36-52-40-93-59-21-15-13-19-57(52)59)85(126)107(7)70(24-11-9-2)88(129)106(68)6/h12-15,18-21,26-29,39-41,47-49,55,60-71,92-93,110-112H,8-11,16-17,22-25,30-38,42-46H2,1-7H3,(H2,89,113)(H,90,95)(H,91,114)(H,94,118)(H,96,122)(H,97,115)(H,98,117)(H,99,120)(H,100,124)(H,101,123)(H,102,121)(H,103,119)(H,104,116)/t48-,49-,55+,60-,61-,62-,63-,64-,65-,66-,67-,68-,69-,70-,71-/m0/s1. The van der Waals surface area contributed by atoms with Crippen LogP contribution in [-0.4, -0.2) is 316 Å². The molecule has 6 aromatic rings. The number of nitrogens with one attached hydrogen (secondary N) is 14. The van der Waals surface area contributed by atoms with Crippen LogP contribution < -0.4 is 64.2 Å². The summed E-state index contributed by atoms with van der Waals surface area (Å²) < 4.78 is 0. The van der Waals surface area contributed by atoms with Gasteiger partial charge in [0.15, 0.2) is 0 Å². The predicted octanol–water partition coefficient (Wildman–Crippen LogP) is -2.40. The van der Waals surface area contributed by atoms with Crippen molar-refractivity contribution in [2.45, 2.75) is 228 Å². The summed E-state index contributed by atoms with van der Waals surface area (Å²) in [4.78, 5) is 269. The Morgan fingerprint density at radius 2 is 1.11 bits per heavy atom. The molecule has 42 heteroatoms. The summed E-state index contributed by atoms with van der Waals surface area (Å²) in [6.07, 6.45) is 3.99. The van der Waals surface area contributed by atoms with Crippen molar-refractivity contribution in [2.75, 3.05) is 65.4 Å². The molecule has 4 aliphatic heterocycles. The van der Waals surface area contributed by atoms with Crippen molar-refractivity contribution >= 4 is 134 Å². The zero-order valence-electron chi connectivity index (χ0n) is 73.8. The first kappa shape index (κ1) is 99.2. The van der Waals surface area contributed by atoms with Gasteiger partial charge < -0.3 is 119 Å². The summed E-state index contributed by atoms with van der Waals surface area (Å²) in [5.74, 6) is -16.1. The number of imidazole rings is 1. The average molecular weight is 1820 g/mol. The van der Waals surface area contributed by atoms with Crippen LogP contribution in [0.25, 0.3) is 21.8 Å². The maximum Gasteiger partial charge on any atom is 0.245 e. The number of aromatic nitrogens is 4. The quantitative estimate of drug-likeness (QED) is 0.0426. The van der Waals surface area contributed by atoms with Gasteiger partial charge in [-0.2, -0.15) is 0 Å². The number of aromatic hydroxyl groups is 1. The van der Waals surface area contributed by atoms with Gasteiger partial charge in [0.1, 0.15) is 90.3 Å². The number of rotatable bonds is 18. The fraction of sp³-hybridized carbons (Fsp3) is 0.523. The minimum Gasteiger partial charge on any atom is -0.508 e. The van der Waals surface area contributed by atoms with Crippen molar-refractivity contribution in [3.8, 4) is 5.75 Å². The van der Waals surface area contributed by atoms with Crippen molar-refractivity contribution in [3.63, 3.8) is 0 Å². The lowest BCUT2D eigenvalue weighted by Crippen LogP contribution is -2.61. The molecule has 19 N–H and O–H groups in total. The SMILES string of the molecule is CCCC[C@H]1C(=O)N(C)[C@@H](CCCC)C(=O)N[C@@H](C)C(=O)N[C@H](C(=O)NCC(N)=O)CSCC(=O)N[C@@H](Cc2ccc(O)cc2)C(=O)N(C)[C@@H](C)C(=O)N[C@H]2CCCNC(=O)CC[C@H](NC(=O)[C@H](Cc3cnc[nH]3)NC(=O)[C@@H]3CCCN3C2=O)C(=O)N2C[C@H](O)C[C@H]2C(=O)N[C@@H](Cc2c[nH]c3ccccc23)C(=O)N[C@@H](CO)C(=O)N[C@@H](Cc2c[nH]c3ccccc23)C(=O)N1C. The number of nitrogens with two attached hydrogens (primary N) is 1. The summed E-state index contributed by atoms with van der Waals surface area (Å²) in [5.41, 5.74) is 8.42. The van der Waals surface area contributed by atoms with Crippen LogP contribution in [0.15, 0.2) is 97.7 Å². The van der Waals surface area contributed by atoms with Gasteiger partial charge in [0, 0.05) is 131 Å². The smallest absolute Gasteiger partial charge is 0.245 e. The number of carbonyl (C=O) groups excluding carboxylic acids is 17. The number of likely N-dealkylation sites (N-methyl/N-ethyl adjacent to an activating group) is 3. The number of thioether (sulfide) groups is 1. The zero-order chi connectivity index (χ0) is 94.2. The van der Waals surface area contributed by atoms with Crippen LogP contribution >= 0.6 is 11.8 Å². The molecular weight excluding hydrogens is 1700 g/mol. The van der Waals surface area contributed by atoms with E-state index in [1.54, 1.807) is 60.9 Å². The minimum atomic E-state index is -1.89. The molecule has 0 saturated carbocycles. The molecule has 3 aromatic carbocycles. The molecule has 0 radical (unpaired) electrons. The van der Waals surface area contributed by atoms with Gasteiger partial charge in [0.25, 0.3) is 0 Å². The Morgan fingerprint density at radius 1 is 0.546 bits per heavy atom. The molecule has 41 nitrogen and oxygen atoms in total. The molecule has 15 atom stereocenters. The van der Waals surface area contributed by atoms with Crippen LogP contribution in [0.4, 0.5) is 0 Å². The Bertz CT molecular complexity index is 5070. The summed E-state index contributed by atoms with van der Waals surface area (Å²) >= 11 is 0.803. The lowest BCUT2D eigenvalue weighted by atomic mass is 10.00. The van der Waals surface area contributed by atoms with Gasteiger partial charge in [0.2, 0.25) is 100 Å². The number of fused-ring (bicyclic) bond motifs is 12. The van der Waals surface area contributed by atoms with E-state index in [-0.39, 0.29) is 88.8 Å². The largest absolute Gasteiger partial charge is 0.508 e. The number of hydrogen-bond acceptors (Lipinski definition) is 22. The van der Waals surface area contributed by atoms with Crippen LogP contribution in [-0.2, 0) is 107 Å². The fourth-order valence-electron chi connectivity index (χ4n) is 16.4. The molecule has 4 saturated heterocycles. The first-order valence-electron chi connectivity index (χ1n) is 43.8. The molecular formula is C88H119N21O20S. The maximum absolute atomic E-state index is 15.6. The molecule has 4 aliphatic rings. The van der Waals surface area contributed by atoms with E-state index in [0.29, 0.717) is 69.9 Å². The van der Waals surface area contributed by atoms with Gasteiger partial charge in [-0.3, -0.25) is 81.5 Å². The highest BCUT2D eigenvalue weighted by Crippen LogP contribution is 2.28. The van der Waals surface area contributed by atoms with Crippen LogP contribution in [0.5, 0.6) is 5.75 Å². The monoisotopic (exact) mass is 1820 g/mol. The molecule has 3 aromatic heterocycles. The van der Waals surface area contributed by atoms with Crippen LogP contribution in [0, 0.1) is 0 Å². The second-order valence-electron chi connectivity index (χ2n) is 33.4. The molecule has 130 heavy (non-hydrogen) atoms. The van der Waals surface area contributed by atoms with E-state index >= 15 is 38.4 Å². The topological polar surface area (TPSA) is 586 Å². The second-order valence-corrected chi connectivity index (χ2v) is 34.4. The number of para-hydroxylation sites is 2. The van der Waals surface area contributed by atoms with Crippen LogP contribution in [0.1, 0.15) is 134 Å². The van der Waals surface area contributed by atoms with Gasteiger partial charge in [-0.05, 0) is 99.7 Å². The van der Waals surface area contributed by atoms with Crippen molar-refractivity contribution in [1.82, 2.24) is 103 Å². The number of carbonyl (C=O) groups is 17. The second kappa shape index (κ2) is 46.8. The molecule has 2 bridgehead atoms. The number of hydrogen-bond donors (Lipinski definition) is 18. The number of phenols is 1. The number of aliphatic hydroxyl groups is 2. The number of nitrogens with zero attached hydrogens (tertiary/aromatic N) is 6. The molecule has 7 heterocycles. The normalized spacial score (nSPS) is 26.1. The lowest BCUT2D eigenvalue weighted by molar-refractivity contribution is -0.149. The van der Waals surface area contributed by atoms with Crippen molar-refractivity contribution < 1.29 is 96.8 Å². The molecule has 0 aliphatic carbocycles. The Labute approximate surface area is 754 Å². The predicted molar refractivity (Wildman–Crippen MR) is 475 cm³/mol. The number of unbranched alkanes of at least 4 members (excludes halogenated alkanes) is 2. The van der Waals surface area contributed by atoms with E-state index < -0.39 is 236 Å². The molecule has 702 valence electrons. The summed E-state index contributed by atoms with van der Waals surface area (Å²) in [7, 11) is 3.99. The third kappa shape index (κ3) is 26.2. The van der Waals surface area contributed by atoms with Gasteiger partial charge in [-0.15, -0.1) is 11.8 Å². The number of aliphatic hydroxyl groups excluding tert-OH is 2. The molecule has 10 rings (SSSR count). The molecule has 4 fully saturated rings. The Kier molecular flexibility index (Phi) is 35.7. The Hall–Kier alpha value is -13.0. The zero-order valence-corrected chi connectivity index (χ0v) is 74.6. The van der Waals surface area contributed by atoms with Crippen molar-refractivity contribution in [1.29, 1.82) is 0 Å². The van der Waals surface area contributed by atoms with E-state index in [1.807, 2.05) is 13.8 Å². The third-order valence-electron chi connectivity index (χ3n) is 24.0. The number of primary amides is 1. The van der Waals surface area contributed by atoms with E-state index in [9.17, 15) is 58.5 Å².